The van der Waals surface area contributed by atoms with Crippen LogP contribution in [0.1, 0.15) is 16.7 Å². The number of nitrogens with zero attached hydrogens (tertiary/aromatic N) is 3. The van der Waals surface area contributed by atoms with Gasteiger partial charge in [0.05, 0.1) is 5.69 Å². The van der Waals surface area contributed by atoms with Crippen LogP contribution in [0.25, 0.3) is 22.3 Å². The van der Waals surface area contributed by atoms with Crippen LogP contribution in [-0.4, -0.2) is 35.8 Å². The third kappa shape index (κ3) is 4.45. The number of aromatic nitrogens is 3. The molecular weight excluding hydrogens is 436 g/mol. The topological polar surface area (TPSA) is 66.0 Å². The molecule has 2 N–H and O–H groups in total. The molecule has 0 amide bonds. The van der Waals surface area contributed by atoms with Crippen LogP contribution in [0.2, 0.25) is 25.7 Å². The number of ether oxygens (including phenoxy) is 1. The van der Waals surface area contributed by atoms with Crippen molar-refractivity contribution in [2.24, 2.45) is 5.73 Å². The van der Waals surface area contributed by atoms with Gasteiger partial charge in [0.25, 0.3) is 0 Å². The molecule has 0 atom stereocenters. The number of hydrogen-bond donors (Lipinski definition) is 1. The van der Waals surface area contributed by atoms with Gasteiger partial charge in [0.1, 0.15) is 18.7 Å². The lowest BCUT2D eigenvalue weighted by atomic mass is 9.77. The van der Waals surface area contributed by atoms with Crippen molar-refractivity contribution in [3.8, 4) is 11.3 Å². The van der Waals surface area contributed by atoms with E-state index in [0.717, 1.165) is 47.8 Å². The van der Waals surface area contributed by atoms with Gasteiger partial charge in [-0.05, 0) is 47.7 Å². The zero-order valence-corrected chi connectivity index (χ0v) is 21.4. The van der Waals surface area contributed by atoms with Crippen LogP contribution in [0.4, 0.5) is 0 Å². The molecule has 0 bridgehead atoms. The smallest absolute Gasteiger partial charge is 0.145 e. The first kappa shape index (κ1) is 23.0. The fraction of sp³-hybridized carbons (Fsp3) is 0.357. The molecular formula is C28H34N4OSi. The normalized spacial score (nSPS) is 15.1. The number of benzene rings is 2. The van der Waals surface area contributed by atoms with Crippen LogP contribution in [0.5, 0.6) is 0 Å². The van der Waals surface area contributed by atoms with Crippen molar-refractivity contribution >= 4 is 19.1 Å². The average Bonchev–Trinajstić information content (AvgIpc) is 3.43. The Kier molecular flexibility index (Phi) is 6.14. The lowest BCUT2D eigenvalue weighted by Gasteiger charge is -2.28. The second-order valence-corrected chi connectivity index (χ2v) is 16.4. The zero-order chi connectivity index (χ0) is 23.8. The number of fused-ring (bicyclic) bond motifs is 2. The van der Waals surface area contributed by atoms with E-state index in [-0.39, 0.29) is 5.41 Å². The van der Waals surface area contributed by atoms with E-state index in [0.29, 0.717) is 13.3 Å². The number of hydrogen-bond acceptors (Lipinski definition) is 4. The molecule has 0 unspecified atom stereocenters. The Labute approximate surface area is 203 Å². The molecule has 6 heteroatoms. The Morgan fingerprint density at radius 2 is 1.76 bits per heavy atom. The Hall–Kier alpha value is -2.80. The molecule has 0 saturated heterocycles. The summed E-state index contributed by atoms with van der Waals surface area (Å²) in [4.78, 5) is 9.26. The van der Waals surface area contributed by atoms with Gasteiger partial charge in [-0.25, -0.2) is 9.97 Å². The van der Waals surface area contributed by atoms with E-state index < -0.39 is 8.07 Å². The lowest BCUT2D eigenvalue weighted by molar-refractivity contribution is 0.0899. The van der Waals surface area contributed by atoms with E-state index in [1.165, 1.54) is 16.7 Å². The second kappa shape index (κ2) is 9.10. The molecule has 2 aromatic heterocycles. The molecule has 1 aliphatic rings. The molecule has 0 aliphatic heterocycles. The zero-order valence-electron chi connectivity index (χ0n) is 20.4. The molecule has 1 aliphatic carbocycles. The number of nitrogens with two attached hydrogens (primary N) is 1. The van der Waals surface area contributed by atoms with Crippen molar-refractivity contribution < 1.29 is 4.74 Å². The summed E-state index contributed by atoms with van der Waals surface area (Å²) in [5, 5.41) is 1.05. The number of rotatable bonds is 8. The minimum Gasteiger partial charge on any atom is -0.361 e. The van der Waals surface area contributed by atoms with E-state index in [1.54, 1.807) is 6.33 Å². The van der Waals surface area contributed by atoms with Crippen molar-refractivity contribution in [1.29, 1.82) is 0 Å². The standard InChI is InChI=1S/C28H34N4OSi/c1-34(2,3)14-13-33-20-32-12-11-25-26(30-19-31-27(25)32)21-9-6-10-24(15-21)28(18-29)16-22-7-4-5-8-23(22)17-28/h4-12,15,19H,13-14,16-18,20,29H2,1-3H3. The summed E-state index contributed by atoms with van der Waals surface area (Å²) in [6.45, 7) is 9.03. The molecule has 5 rings (SSSR count). The fourth-order valence-electron chi connectivity index (χ4n) is 5.04. The summed E-state index contributed by atoms with van der Waals surface area (Å²) in [6.07, 6.45) is 5.67. The highest BCUT2D eigenvalue weighted by molar-refractivity contribution is 6.76. The van der Waals surface area contributed by atoms with Gasteiger partial charge in [0.2, 0.25) is 0 Å². The maximum absolute atomic E-state index is 6.41. The van der Waals surface area contributed by atoms with Gasteiger partial charge < -0.3 is 15.0 Å². The van der Waals surface area contributed by atoms with Gasteiger partial charge >= 0.3 is 0 Å². The van der Waals surface area contributed by atoms with Gasteiger partial charge in [0, 0.05) is 43.8 Å². The van der Waals surface area contributed by atoms with Crippen LogP contribution in [-0.2, 0) is 29.7 Å². The Balaban J connectivity index is 1.43. The summed E-state index contributed by atoms with van der Waals surface area (Å²) in [6, 6.07) is 20.8. The largest absolute Gasteiger partial charge is 0.361 e. The van der Waals surface area contributed by atoms with Crippen molar-refractivity contribution in [2.45, 2.75) is 50.7 Å². The molecule has 0 radical (unpaired) electrons. The first-order chi connectivity index (χ1) is 16.4. The van der Waals surface area contributed by atoms with Gasteiger partial charge in [-0.3, -0.25) is 0 Å². The highest BCUT2D eigenvalue weighted by Gasteiger charge is 2.37. The fourth-order valence-corrected chi connectivity index (χ4v) is 5.79. The van der Waals surface area contributed by atoms with Crippen LogP contribution < -0.4 is 5.73 Å². The predicted molar refractivity (Wildman–Crippen MR) is 142 cm³/mol. The van der Waals surface area contributed by atoms with Gasteiger partial charge in [-0.2, -0.15) is 0 Å². The summed E-state index contributed by atoms with van der Waals surface area (Å²) < 4.78 is 8.05. The van der Waals surface area contributed by atoms with E-state index in [1.807, 2.05) is 0 Å². The molecule has 2 aromatic carbocycles. The average molecular weight is 471 g/mol. The molecule has 0 spiro atoms. The van der Waals surface area contributed by atoms with Gasteiger partial charge in [0.15, 0.2) is 0 Å². The summed E-state index contributed by atoms with van der Waals surface area (Å²) in [5.41, 5.74) is 13.4. The lowest BCUT2D eigenvalue weighted by Crippen LogP contribution is -2.36. The van der Waals surface area contributed by atoms with Crippen LogP contribution in [0.3, 0.4) is 0 Å². The third-order valence-electron chi connectivity index (χ3n) is 7.10. The van der Waals surface area contributed by atoms with Crippen LogP contribution in [0.15, 0.2) is 67.1 Å². The Morgan fingerprint density at radius 3 is 2.47 bits per heavy atom. The molecule has 176 valence electrons. The predicted octanol–water partition coefficient (Wildman–Crippen LogP) is 5.41. The highest BCUT2D eigenvalue weighted by atomic mass is 28.3. The van der Waals surface area contributed by atoms with Crippen LogP contribution >= 0.6 is 0 Å². The SMILES string of the molecule is C[Si](C)(C)CCOCn1ccc2c(-c3cccc(C4(CN)Cc5ccccc5C4)c3)ncnc21. The molecule has 2 heterocycles. The molecule has 0 saturated carbocycles. The van der Waals surface area contributed by atoms with Gasteiger partial charge in [-0.15, -0.1) is 0 Å². The third-order valence-corrected chi connectivity index (χ3v) is 8.80. The second-order valence-electron chi connectivity index (χ2n) is 10.8. The van der Waals surface area contributed by atoms with Crippen LogP contribution in [0, 0.1) is 0 Å². The molecule has 5 nitrogen and oxygen atoms in total. The van der Waals surface area contributed by atoms with Crippen molar-refractivity contribution in [3.05, 3.63) is 83.8 Å². The van der Waals surface area contributed by atoms with Crippen molar-refractivity contribution in [3.63, 3.8) is 0 Å². The molecule has 4 aromatic rings. The monoisotopic (exact) mass is 470 g/mol. The van der Waals surface area contributed by atoms with E-state index in [2.05, 4.69) is 95.0 Å². The van der Waals surface area contributed by atoms with E-state index in [4.69, 9.17) is 10.5 Å². The van der Waals surface area contributed by atoms with Gasteiger partial charge in [-0.1, -0.05) is 62.1 Å². The maximum Gasteiger partial charge on any atom is 0.145 e. The van der Waals surface area contributed by atoms with Crippen molar-refractivity contribution in [2.75, 3.05) is 13.2 Å². The highest BCUT2D eigenvalue weighted by Crippen LogP contribution is 2.40. The maximum atomic E-state index is 6.41. The molecule has 34 heavy (non-hydrogen) atoms. The molecule has 0 fully saturated rings. The quantitative estimate of drug-likeness (QED) is 0.276. The summed E-state index contributed by atoms with van der Waals surface area (Å²) in [5.74, 6) is 0. The first-order valence-electron chi connectivity index (χ1n) is 12.1. The Bertz CT molecular complexity index is 1280. The first-order valence-corrected chi connectivity index (χ1v) is 15.8. The minimum atomic E-state index is -1.10. The van der Waals surface area contributed by atoms with Crippen molar-refractivity contribution in [1.82, 2.24) is 14.5 Å². The van der Waals surface area contributed by atoms with E-state index in [9.17, 15) is 0 Å². The van der Waals surface area contributed by atoms with E-state index >= 15 is 0 Å². The Morgan fingerprint density at radius 1 is 1.00 bits per heavy atom. The summed E-state index contributed by atoms with van der Waals surface area (Å²) >= 11 is 0. The minimum absolute atomic E-state index is 0.0675. The summed E-state index contributed by atoms with van der Waals surface area (Å²) in [7, 11) is -1.10.